The van der Waals surface area contributed by atoms with Gasteiger partial charge in [0.25, 0.3) is 0 Å². The summed E-state index contributed by atoms with van der Waals surface area (Å²) < 4.78 is 5.33. The SMILES string of the molecule is CC(C)c1noc([C@H]2CCCNCC2)n1. The van der Waals surface area contributed by atoms with E-state index in [2.05, 4.69) is 29.3 Å². The molecule has 4 heteroatoms. The lowest BCUT2D eigenvalue weighted by Gasteiger charge is -2.06. The summed E-state index contributed by atoms with van der Waals surface area (Å²) >= 11 is 0. The maximum atomic E-state index is 5.33. The lowest BCUT2D eigenvalue weighted by Crippen LogP contribution is -2.13. The van der Waals surface area contributed by atoms with Gasteiger partial charge in [-0.1, -0.05) is 19.0 Å². The molecule has 4 nitrogen and oxygen atoms in total. The van der Waals surface area contributed by atoms with E-state index < -0.39 is 0 Å². The van der Waals surface area contributed by atoms with Crippen LogP contribution in [0.5, 0.6) is 0 Å². The second-order valence-electron chi connectivity index (χ2n) is 4.52. The van der Waals surface area contributed by atoms with Crippen molar-refractivity contribution in [3.05, 3.63) is 11.7 Å². The third-order valence-corrected chi connectivity index (χ3v) is 2.90. The Bertz CT molecular complexity index is 301. The van der Waals surface area contributed by atoms with Gasteiger partial charge in [0.15, 0.2) is 5.82 Å². The van der Waals surface area contributed by atoms with E-state index in [-0.39, 0.29) is 0 Å². The largest absolute Gasteiger partial charge is 0.339 e. The Morgan fingerprint density at radius 2 is 2.20 bits per heavy atom. The van der Waals surface area contributed by atoms with Crippen LogP contribution in [0, 0.1) is 0 Å². The Kier molecular flexibility index (Phi) is 3.36. The molecule has 0 bridgehead atoms. The van der Waals surface area contributed by atoms with Gasteiger partial charge in [0.05, 0.1) is 0 Å². The van der Waals surface area contributed by atoms with Crippen LogP contribution in [-0.2, 0) is 0 Å². The van der Waals surface area contributed by atoms with E-state index in [9.17, 15) is 0 Å². The van der Waals surface area contributed by atoms with Gasteiger partial charge >= 0.3 is 0 Å². The molecule has 0 saturated carbocycles. The number of aromatic nitrogens is 2. The minimum atomic E-state index is 0.353. The van der Waals surface area contributed by atoms with Crippen molar-refractivity contribution in [2.45, 2.75) is 44.9 Å². The molecule has 1 saturated heterocycles. The van der Waals surface area contributed by atoms with Crippen molar-refractivity contribution >= 4 is 0 Å². The van der Waals surface area contributed by atoms with Crippen LogP contribution in [0.15, 0.2) is 4.52 Å². The highest BCUT2D eigenvalue weighted by Crippen LogP contribution is 2.25. The van der Waals surface area contributed by atoms with Gasteiger partial charge in [-0.15, -0.1) is 0 Å². The lowest BCUT2D eigenvalue weighted by molar-refractivity contribution is 0.338. The Labute approximate surface area is 90.4 Å². The smallest absolute Gasteiger partial charge is 0.229 e. The first-order valence-electron chi connectivity index (χ1n) is 5.81. The van der Waals surface area contributed by atoms with E-state index in [4.69, 9.17) is 4.52 Å². The van der Waals surface area contributed by atoms with Gasteiger partial charge in [0.1, 0.15) is 0 Å². The molecule has 1 aromatic heterocycles. The highest BCUT2D eigenvalue weighted by Gasteiger charge is 2.20. The first kappa shape index (κ1) is 10.6. The van der Waals surface area contributed by atoms with E-state index in [1.807, 2.05) is 0 Å². The standard InChI is InChI=1S/C11H19N3O/c1-8(2)10-13-11(15-14-10)9-4-3-6-12-7-5-9/h8-9,12H,3-7H2,1-2H3/t9-/m0/s1. The summed E-state index contributed by atoms with van der Waals surface area (Å²) in [6.45, 7) is 6.35. The van der Waals surface area contributed by atoms with E-state index in [0.29, 0.717) is 11.8 Å². The molecule has 0 radical (unpaired) electrons. The second-order valence-corrected chi connectivity index (χ2v) is 4.52. The average molecular weight is 209 g/mol. The minimum Gasteiger partial charge on any atom is -0.339 e. The Morgan fingerprint density at radius 1 is 1.33 bits per heavy atom. The maximum absolute atomic E-state index is 5.33. The second kappa shape index (κ2) is 4.75. The van der Waals surface area contributed by atoms with Crippen molar-refractivity contribution in [2.24, 2.45) is 0 Å². The third kappa shape index (κ3) is 2.56. The van der Waals surface area contributed by atoms with Crippen molar-refractivity contribution in [1.29, 1.82) is 0 Å². The van der Waals surface area contributed by atoms with Crippen LogP contribution < -0.4 is 5.32 Å². The molecule has 1 fully saturated rings. The van der Waals surface area contributed by atoms with Gasteiger partial charge in [0.2, 0.25) is 5.89 Å². The predicted molar refractivity (Wildman–Crippen MR) is 57.8 cm³/mol. The van der Waals surface area contributed by atoms with E-state index in [1.165, 1.54) is 6.42 Å². The van der Waals surface area contributed by atoms with E-state index in [0.717, 1.165) is 37.6 Å². The monoisotopic (exact) mass is 209 g/mol. The molecular weight excluding hydrogens is 190 g/mol. The van der Waals surface area contributed by atoms with Crippen LogP contribution in [-0.4, -0.2) is 23.2 Å². The fourth-order valence-corrected chi connectivity index (χ4v) is 1.91. The average Bonchev–Trinajstić information content (AvgIpc) is 2.55. The molecule has 0 unspecified atom stereocenters. The molecule has 0 spiro atoms. The molecule has 1 aliphatic heterocycles. The fourth-order valence-electron chi connectivity index (χ4n) is 1.91. The van der Waals surface area contributed by atoms with E-state index >= 15 is 0 Å². The molecule has 84 valence electrons. The maximum Gasteiger partial charge on any atom is 0.229 e. The number of hydrogen-bond acceptors (Lipinski definition) is 4. The highest BCUT2D eigenvalue weighted by atomic mass is 16.5. The van der Waals surface area contributed by atoms with Crippen molar-refractivity contribution in [3.63, 3.8) is 0 Å². The van der Waals surface area contributed by atoms with Crippen molar-refractivity contribution in [1.82, 2.24) is 15.5 Å². The zero-order valence-electron chi connectivity index (χ0n) is 9.49. The molecule has 1 N–H and O–H groups in total. The molecule has 1 aromatic rings. The number of rotatable bonds is 2. The molecular formula is C11H19N3O. The minimum absolute atomic E-state index is 0.353. The summed E-state index contributed by atoms with van der Waals surface area (Å²) in [5.74, 6) is 2.48. The van der Waals surface area contributed by atoms with Crippen LogP contribution in [0.3, 0.4) is 0 Å². The van der Waals surface area contributed by atoms with Crippen molar-refractivity contribution in [3.8, 4) is 0 Å². The zero-order valence-corrected chi connectivity index (χ0v) is 9.49. The quantitative estimate of drug-likeness (QED) is 0.810. The number of hydrogen-bond donors (Lipinski definition) is 1. The van der Waals surface area contributed by atoms with Gasteiger partial charge in [-0.2, -0.15) is 4.98 Å². The molecule has 0 aliphatic carbocycles. The predicted octanol–water partition coefficient (Wildman–Crippen LogP) is 2.05. The number of nitrogens with zero attached hydrogens (tertiary/aromatic N) is 2. The summed E-state index contributed by atoms with van der Waals surface area (Å²) in [6.07, 6.45) is 3.47. The molecule has 2 rings (SSSR count). The zero-order chi connectivity index (χ0) is 10.7. The van der Waals surface area contributed by atoms with Crippen molar-refractivity contribution < 1.29 is 4.52 Å². The Balaban J connectivity index is 2.06. The highest BCUT2D eigenvalue weighted by molar-refractivity contribution is 4.97. The molecule has 15 heavy (non-hydrogen) atoms. The first-order chi connectivity index (χ1) is 7.27. The number of nitrogens with one attached hydrogen (secondary N) is 1. The van der Waals surface area contributed by atoms with Gasteiger partial charge in [-0.3, -0.25) is 0 Å². The molecule has 0 aromatic carbocycles. The summed E-state index contributed by atoms with van der Waals surface area (Å²) in [7, 11) is 0. The summed E-state index contributed by atoms with van der Waals surface area (Å²) in [5, 5.41) is 7.40. The summed E-state index contributed by atoms with van der Waals surface area (Å²) in [4.78, 5) is 4.47. The normalized spacial score (nSPS) is 23.0. The van der Waals surface area contributed by atoms with Gasteiger partial charge < -0.3 is 9.84 Å². The van der Waals surface area contributed by atoms with Crippen LogP contribution in [0.25, 0.3) is 0 Å². The summed E-state index contributed by atoms with van der Waals surface area (Å²) in [6, 6.07) is 0. The van der Waals surface area contributed by atoms with Crippen molar-refractivity contribution in [2.75, 3.05) is 13.1 Å². The third-order valence-electron chi connectivity index (χ3n) is 2.90. The van der Waals surface area contributed by atoms with E-state index in [1.54, 1.807) is 0 Å². The molecule has 2 heterocycles. The Morgan fingerprint density at radius 3 is 2.93 bits per heavy atom. The lowest BCUT2D eigenvalue weighted by atomic mass is 10.0. The van der Waals surface area contributed by atoms with Crippen LogP contribution >= 0.6 is 0 Å². The van der Waals surface area contributed by atoms with Crippen LogP contribution in [0.4, 0.5) is 0 Å². The van der Waals surface area contributed by atoms with Crippen LogP contribution in [0.2, 0.25) is 0 Å². The Hall–Kier alpha value is -0.900. The molecule has 0 amide bonds. The van der Waals surface area contributed by atoms with Gasteiger partial charge in [-0.25, -0.2) is 0 Å². The van der Waals surface area contributed by atoms with Gasteiger partial charge in [-0.05, 0) is 32.4 Å². The topological polar surface area (TPSA) is 51.0 Å². The molecule has 1 aliphatic rings. The fraction of sp³-hybridized carbons (Fsp3) is 0.818. The van der Waals surface area contributed by atoms with Crippen LogP contribution in [0.1, 0.15) is 56.7 Å². The first-order valence-corrected chi connectivity index (χ1v) is 5.81. The summed E-state index contributed by atoms with van der Waals surface area (Å²) in [5.41, 5.74) is 0. The molecule has 1 atom stereocenters. The van der Waals surface area contributed by atoms with Gasteiger partial charge in [0, 0.05) is 11.8 Å².